The number of fused-ring (bicyclic) bond motifs is 1. The van der Waals surface area contributed by atoms with Crippen LogP contribution in [-0.4, -0.2) is 35.2 Å². The van der Waals surface area contributed by atoms with Crippen molar-refractivity contribution in [1.29, 1.82) is 0 Å². The Morgan fingerprint density at radius 2 is 1.86 bits per heavy atom. The maximum Gasteiger partial charge on any atom is 0.320 e. The van der Waals surface area contributed by atoms with Crippen molar-refractivity contribution in [1.82, 2.24) is 4.90 Å². The van der Waals surface area contributed by atoms with Crippen LogP contribution in [-0.2, 0) is 17.9 Å². The van der Waals surface area contributed by atoms with Crippen molar-refractivity contribution in [3.8, 4) is 11.5 Å². The molecular formula is C24H29NO4. The molecule has 0 spiro atoms. The van der Waals surface area contributed by atoms with Crippen molar-refractivity contribution in [2.75, 3.05) is 7.11 Å². The Labute approximate surface area is 172 Å². The first-order valence-corrected chi connectivity index (χ1v) is 10.5. The lowest BCUT2D eigenvalue weighted by Gasteiger charge is -2.33. The minimum atomic E-state index is -0.700. The van der Waals surface area contributed by atoms with Gasteiger partial charge in [0.25, 0.3) is 0 Å². The zero-order valence-electron chi connectivity index (χ0n) is 16.9. The summed E-state index contributed by atoms with van der Waals surface area (Å²) in [5, 5.41) is 9.77. The average molecular weight is 395 g/mol. The number of carboxylic acids is 1. The van der Waals surface area contributed by atoms with Crippen LogP contribution in [0.5, 0.6) is 11.5 Å². The second-order valence-corrected chi connectivity index (χ2v) is 8.13. The number of likely N-dealkylation sites (tertiary alicyclic amines) is 1. The van der Waals surface area contributed by atoms with Gasteiger partial charge in [0.1, 0.15) is 12.6 Å². The molecule has 0 amide bonds. The van der Waals surface area contributed by atoms with Crippen molar-refractivity contribution in [2.24, 2.45) is 5.92 Å². The molecule has 154 valence electrons. The molecule has 1 aliphatic heterocycles. The molecule has 1 aliphatic carbocycles. The number of nitrogens with zero attached hydrogens (tertiary/aromatic N) is 1. The Bertz CT molecular complexity index is 838. The Balaban J connectivity index is 1.52. The fraction of sp³-hybridized carbons (Fsp3) is 0.458. The molecule has 1 saturated heterocycles. The van der Waals surface area contributed by atoms with E-state index in [1.165, 1.54) is 12.8 Å². The highest BCUT2D eigenvalue weighted by atomic mass is 16.5. The largest absolute Gasteiger partial charge is 0.493 e. The Morgan fingerprint density at radius 1 is 1.07 bits per heavy atom. The smallest absolute Gasteiger partial charge is 0.320 e. The standard InChI is InChI=1S/C24H29NO4/c1-28-22-12-11-18(13-23(22)29-16-17-7-3-2-4-8-17)15-25-20-10-6-5-9-19(20)14-21(25)24(26)27/h2-4,7-8,11-13,19-21H,5-6,9-10,14-16H2,1H3,(H,26,27). The molecule has 0 aromatic heterocycles. The van der Waals surface area contributed by atoms with Crippen molar-refractivity contribution in [2.45, 2.75) is 57.3 Å². The highest BCUT2D eigenvalue weighted by Crippen LogP contribution is 2.41. The summed E-state index contributed by atoms with van der Waals surface area (Å²) in [7, 11) is 1.64. The third-order valence-corrected chi connectivity index (χ3v) is 6.34. The number of hydrogen-bond donors (Lipinski definition) is 1. The number of ether oxygens (including phenoxy) is 2. The van der Waals surface area contributed by atoms with E-state index >= 15 is 0 Å². The minimum absolute atomic E-state index is 0.376. The number of carbonyl (C=O) groups is 1. The van der Waals surface area contributed by atoms with Crippen molar-refractivity contribution in [3.63, 3.8) is 0 Å². The number of methoxy groups -OCH3 is 1. The lowest BCUT2D eigenvalue weighted by atomic mass is 9.84. The van der Waals surface area contributed by atoms with Gasteiger partial charge in [-0.3, -0.25) is 9.69 Å². The van der Waals surface area contributed by atoms with Crippen LogP contribution < -0.4 is 9.47 Å². The van der Waals surface area contributed by atoms with Crippen LogP contribution >= 0.6 is 0 Å². The fourth-order valence-corrected chi connectivity index (χ4v) is 4.90. The number of benzene rings is 2. The van der Waals surface area contributed by atoms with Crippen LogP contribution in [0.25, 0.3) is 0 Å². The minimum Gasteiger partial charge on any atom is -0.493 e. The first-order chi connectivity index (χ1) is 14.2. The van der Waals surface area contributed by atoms with E-state index in [9.17, 15) is 9.90 Å². The van der Waals surface area contributed by atoms with E-state index in [1.54, 1.807) is 7.11 Å². The summed E-state index contributed by atoms with van der Waals surface area (Å²) >= 11 is 0. The normalized spacial score (nSPS) is 24.1. The predicted molar refractivity (Wildman–Crippen MR) is 111 cm³/mol. The lowest BCUT2D eigenvalue weighted by molar-refractivity contribution is -0.142. The number of rotatable bonds is 7. The molecule has 0 bridgehead atoms. The lowest BCUT2D eigenvalue weighted by Crippen LogP contribution is -2.41. The molecule has 29 heavy (non-hydrogen) atoms. The quantitative estimate of drug-likeness (QED) is 0.748. The third-order valence-electron chi connectivity index (χ3n) is 6.34. The van der Waals surface area contributed by atoms with E-state index < -0.39 is 5.97 Å². The van der Waals surface area contributed by atoms with Gasteiger partial charge in [0.2, 0.25) is 0 Å². The summed E-state index contributed by atoms with van der Waals surface area (Å²) in [6.45, 7) is 1.09. The third kappa shape index (κ3) is 4.40. The highest BCUT2D eigenvalue weighted by Gasteiger charge is 2.45. The second-order valence-electron chi connectivity index (χ2n) is 8.13. The van der Waals surface area contributed by atoms with Gasteiger partial charge in [0.15, 0.2) is 11.5 Å². The molecular weight excluding hydrogens is 366 g/mol. The first kappa shape index (κ1) is 19.8. The molecule has 2 aromatic carbocycles. The van der Waals surface area contributed by atoms with E-state index in [-0.39, 0.29) is 6.04 Å². The van der Waals surface area contributed by atoms with Gasteiger partial charge in [-0.05, 0) is 48.4 Å². The monoisotopic (exact) mass is 395 g/mol. The van der Waals surface area contributed by atoms with Gasteiger partial charge in [-0.1, -0.05) is 49.2 Å². The maximum absolute atomic E-state index is 11.9. The Hall–Kier alpha value is -2.53. The fourth-order valence-electron chi connectivity index (χ4n) is 4.90. The zero-order valence-corrected chi connectivity index (χ0v) is 16.9. The first-order valence-electron chi connectivity index (χ1n) is 10.5. The highest BCUT2D eigenvalue weighted by molar-refractivity contribution is 5.74. The van der Waals surface area contributed by atoms with Crippen LogP contribution in [0.1, 0.15) is 43.2 Å². The van der Waals surface area contributed by atoms with Crippen LogP contribution in [0, 0.1) is 5.92 Å². The molecule has 3 unspecified atom stereocenters. The van der Waals surface area contributed by atoms with Crippen LogP contribution in [0.4, 0.5) is 0 Å². The average Bonchev–Trinajstić information content (AvgIpc) is 3.12. The van der Waals surface area contributed by atoms with E-state index in [1.807, 2.05) is 48.5 Å². The van der Waals surface area contributed by atoms with Crippen LogP contribution in [0.3, 0.4) is 0 Å². The van der Waals surface area contributed by atoms with Crippen LogP contribution in [0.2, 0.25) is 0 Å². The zero-order chi connectivity index (χ0) is 20.2. The summed E-state index contributed by atoms with van der Waals surface area (Å²) in [6, 6.07) is 15.9. The molecule has 2 aromatic rings. The molecule has 1 N–H and O–H groups in total. The Morgan fingerprint density at radius 3 is 2.62 bits per heavy atom. The number of carboxylic acid groups (broad SMARTS) is 1. The molecule has 3 atom stereocenters. The van der Waals surface area contributed by atoms with Crippen molar-refractivity contribution >= 4 is 5.97 Å². The predicted octanol–water partition coefficient (Wildman–Crippen LogP) is 4.49. The van der Waals surface area contributed by atoms with Crippen molar-refractivity contribution < 1.29 is 19.4 Å². The van der Waals surface area contributed by atoms with E-state index in [0.29, 0.717) is 36.6 Å². The van der Waals surface area contributed by atoms with Gasteiger partial charge in [-0.15, -0.1) is 0 Å². The van der Waals surface area contributed by atoms with Crippen molar-refractivity contribution in [3.05, 3.63) is 59.7 Å². The summed E-state index contributed by atoms with van der Waals surface area (Å²) in [5.41, 5.74) is 2.15. The van der Waals surface area contributed by atoms with Gasteiger partial charge in [-0.25, -0.2) is 0 Å². The molecule has 2 fully saturated rings. The number of hydrogen-bond acceptors (Lipinski definition) is 4. The SMILES string of the molecule is COc1ccc(CN2C(C(=O)O)CC3CCCCC32)cc1OCc1ccccc1. The second kappa shape index (κ2) is 8.87. The van der Waals surface area contributed by atoms with E-state index in [2.05, 4.69) is 4.90 Å². The van der Waals surface area contributed by atoms with Gasteiger partial charge in [-0.2, -0.15) is 0 Å². The molecule has 0 radical (unpaired) electrons. The molecule has 1 saturated carbocycles. The van der Waals surface area contributed by atoms with Gasteiger partial charge in [0.05, 0.1) is 7.11 Å². The van der Waals surface area contributed by atoms with Gasteiger partial charge < -0.3 is 14.6 Å². The van der Waals surface area contributed by atoms with Crippen LogP contribution in [0.15, 0.2) is 48.5 Å². The van der Waals surface area contributed by atoms with E-state index in [0.717, 1.165) is 30.4 Å². The molecule has 2 aliphatic rings. The molecule has 4 rings (SSSR count). The van der Waals surface area contributed by atoms with E-state index in [4.69, 9.17) is 9.47 Å². The summed E-state index contributed by atoms with van der Waals surface area (Å²) < 4.78 is 11.5. The summed E-state index contributed by atoms with van der Waals surface area (Å²) in [6.07, 6.45) is 5.44. The molecule has 5 heteroatoms. The molecule has 1 heterocycles. The topological polar surface area (TPSA) is 59.0 Å². The van der Waals surface area contributed by atoms with Gasteiger partial charge >= 0.3 is 5.97 Å². The maximum atomic E-state index is 11.9. The summed E-state index contributed by atoms with van der Waals surface area (Å²) in [5.74, 6) is 1.20. The Kier molecular flexibility index (Phi) is 6.05. The number of aliphatic carboxylic acids is 1. The molecule has 5 nitrogen and oxygen atoms in total. The van der Waals surface area contributed by atoms with Gasteiger partial charge in [0, 0.05) is 12.6 Å². The summed E-state index contributed by atoms with van der Waals surface area (Å²) in [4.78, 5) is 14.1.